The van der Waals surface area contributed by atoms with Crippen molar-refractivity contribution in [3.63, 3.8) is 0 Å². The van der Waals surface area contributed by atoms with Gasteiger partial charge in [-0.2, -0.15) is 0 Å². The van der Waals surface area contributed by atoms with Crippen LogP contribution in [0.15, 0.2) is 41.4 Å². The molecule has 70 heavy (non-hydrogen) atoms. The maximum Gasteiger partial charge on any atom is 0.307 e. The molecule has 4 atom stereocenters. The second kappa shape index (κ2) is 18.7. The highest BCUT2D eigenvalue weighted by Gasteiger charge is 2.49. The molecule has 6 aliphatic rings. The number of carboxylic acids is 2. The predicted molar refractivity (Wildman–Crippen MR) is 248 cm³/mol. The van der Waals surface area contributed by atoms with E-state index in [1.54, 1.807) is 26.2 Å². The number of fused-ring (bicyclic) bond motifs is 8. The molecule has 6 fully saturated rings. The van der Waals surface area contributed by atoms with Gasteiger partial charge in [-0.1, -0.05) is 24.9 Å². The van der Waals surface area contributed by atoms with Crippen LogP contribution in [0.1, 0.15) is 93.8 Å². The van der Waals surface area contributed by atoms with Gasteiger partial charge < -0.3 is 24.7 Å². The lowest BCUT2D eigenvalue weighted by Gasteiger charge is -2.46. The second-order valence-corrected chi connectivity index (χ2v) is 19.8. The molecule has 4 unspecified atom stereocenters. The van der Waals surface area contributed by atoms with Gasteiger partial charge >= 0.3 is 11.9 Å². The van der Waals surface area contributed by atoms with Crippen LogP contribution >= 0.6 is 0 Å². The minimum absolute atomic E-state index is 0.0121. The summed E-state index contributed by atoms with van der Waals surface area (Å²) in [5, 5.41) is 24.9. The lowest BCUT2D eigenvalue weighted by Crippen LogP contribution is -2.45. The van der Waals surface area contributed by atoms with Gasteiger partial charge in [0.1, 0.15) is 34.4 Å². The van der Waals surface area contributed by atoms with E-state index < -0.39 is 47.0 Å². The first kappa shape index (κ1) is 46.7. The number of rotatable bonds is 9. The lowest BCUT2D eigenvalue weighted by atomic mass is 9.57. The molecule has 13 rings (SSSR count). The highest BCUT2D eigenvalue weighted by Crippen LogP contribution is 2.52. The first-order valence-corrected chi connectivity index (χ1v) is 23.9. The van der Waals surface area contributed by atoms with Gasteiger partial charge in [-0.05, 0) is 132 Å². The van der Waals surface area contributed by atoms with Crippen molar-refractivity contribution < 1.29 is 41.9 Å². The van der Waals surface area contributed by atoms with Crippen molar-refractivity contribution in [3.8, 4) is 45.9 Å². The fourth-order valence-corrected chi connectivity index (χ4v) is 12.1. The highest BCUT2D eigenvalue weighted by atomic mass is 19.1. The van der Waals surface area contributed by atoms with E-state index >= 15 is 8.78 Å². The molecular formula is C52H51F4N9O5. The molecule has 6 aliphatic carbocycles. The van der Waals surface area contributed by atoms with Crippen molar-refractivity contribution in [2.75, 3.05) is 0 Å². The normalized spacial score (nSPS) is 23.6. The van der Waals surface area contributed by atoms with Gasteiger partial charge in [0.05, 0.1) is 46.9 Å². The number of pyridine rings is 2. The van der Waals surface area contributed by atoms with Crippen molar-refractivity contribution in [1.29, 1.82) is 0 Å². The smallest absolute Gasteiger partial charge is 0.307 e. The summed E-state index contributed by atoms with van der Waals surface area (Å²) in [7, 11) is 0. The Balaban J connectivity index is 0.000000162. The van der Waals surface area contributed by atoms with Crippen LogP contribution in [0.5, 0.6) is 0 Å². The van der Waals surface area contributed by atoms with Crippen LogP contribution in [0.4, 0.5) is 17.6 Å². The molecule has 4 N–H and O–H groups in total. The van der Waals surface area contributed by atoms with Gasteiger partial charge in [-0.3, -0.25) is 9.59 Å². The molecule has 7 aromatic heterocycles. The average Bonchev–Trinajstić information content (AvgIpc) is 4.06. The molecule has 0 spiro atoms. The minimum atomic E-state index is -0.826. The first-order valence-electron chi connectivity index (χ1n) is 23.9. The van der Waals surface area contributed by atoms with Gasteiger partial charge in [0.2, 0.25) is 0 Å². The zero-order valence-corrected chi connectivity index (χ0v) is 39.0. The van der Waals surface area contributed by atoms with E-state index in [2.05, 4.69) is 56.9 Å². The number of aliphatic carboxylic acids is 2. The SMILES string of the molecule is CC(C)C#Cc1nc(-c2c[nH]c3ncc(F)cc23)nc(CC2C3CCC(CC3)C2C(=O)O)c1F.Cc1noc(C)c1-c1nc(-c2c[nH]c3ncc(F)cc23)nc(CC2C3CCC(CC3)C2C(=O)O)c1F. The Labute approximate surface area is 399 Å². The van der Waals surface area contributed by atoms with E-state index in [4.69, 9.17) is 4.52 Å². The number of aromatic nitrogens is 9. The Morgan fingerprint density at radius 1 is 0.700 bits per heavy atom. The molecule has 0 radical (unpaired) electrons. The third-order valence-corrected chi connectivity index (χ3v) is 15.3. The summed E-state index contributed by atoms with van der Waals surface area (Å²) in [5.74, 6) is 2.01. The number of nitrogens with zero attached hydrogens (tertiary/aromatic N) is 7. The summed E-state index contributed by atoms with van der Waals surface area (Å²) in [6.45, 7) is 7.19. The van der Waals surface area contributed by atoms with Crippen LogP contribution in [-0.4, -0.2) is 67.2 Å². The zero-order valence-electron chi connectivity index (χ0n) is 39.0. The minimum Gasteiger partial charge on any atom is -0.481 e. The van der Waals surface area contributed by atoms with Crippen molar-refractivity contribution in [3.05, 3.63) is 88.7 Å². The molecule has 7 heterocycles. The fraction of sp³-hybridized carbons (Fsp3) is 0.442. The maximum atomic E-state index is 16.1. The third-order valence-electron chi connectivity index (χ3n) is 15.3. The van der Waals surface area contributed by atoms with Crippen LogP contribution in [0.2, 0.25) is 0 Å². The van der Waals surface area contributed by atoms with Crippen molar-refractivity contribution in [2.24, 2.45) is 53.3 Å². The van der Waals surface area contributed by atoms with Crippen molar-refractivity contribution >= 4 is 34.0 Å². The summed E-state index contributed by atoms with van der Waals surface area (Å²) in [4.78, 5) is 56.5. The summed E-state index contributed by atoms with van der Waals surface area (Å²) in [6.07, 6.45) is 13.3. The largest absolute Gasteiger partial charge is 0.481 e. The maximum absolute atomic E-state index is 16.1. The van der Waals surface area contributed by atoms with E-state index in [0.29, 0.717) is 50.2 Å². The van der Waals surface area contributed by atoms with Gasteiger partial charge in [0.15, 0.2) is 29.0 Å². The lowest BCUT2D eigenvalue weighted by molar-refractivity contribution is -0.153. The average molecular weight is 958 g/mol. The highest BCUT2D eigenvalue weighted by molar-refractivity contribution is 5.92. The van der Waals surface area contributed by atoms with Crippen LogP contribution in [0.25, 0.3) is 56.1 Å². The van der Waals surface area contributed by atoms with Crippen LogP contribution < -0.4 is 0 Å². The quantitative estimate of drug-likeness (QED) is 0.0787. The molecule has 0 aromatic carbocycles. The monoisotopic (exact) mass is 957 g/mol. The number of aromatic amines is 2. The second-order valence-electron chi connectivity index (χ2n) is 19.8. The number of hydrogen-bond acceptors (Lipinski definition) is 10. The van der Waals surface area contributed by atoms with Gasteiger partial charge in [-0.25, -0.2) is 47.5 Å². The topological polar surface area (TPSA) is 210 Å². The van der Waals surface area contributed by atoms with Gasteiger partial charge in [0, 0.05) is 40.2 Å². The fourth-order valence-electron chi connectivity index (χ4n) is 12.1. The molecular weight excluding hydrogens is 907 g/mol. The van der Waals surface area contributed by atoms with E-state index in [1.807, 2.05) is 13.8 Å². The Kier molecular flexibility index (Phi) is 12.5. The zero-order chi connectivity index (χ0) is 49.1. The number of carboxylic acid groups (broad SMARTS) is 2. The summed E-state index contributed by atoms with van der Waals surface area (Å²) < 4.78 is 64.9. The van der Waals surface area contributed by atoms with Crippen LogP contribution in [0, 0.1) is 102 Å². The number of H-pyrrole nitrogens is 2. The summed E-state index contributed by atoms with van der Waals surface area (Å²) >= 11 is 0. The molecule has 0 amide bonds. The molecule has 4 bridgehead atoms. The van der Waals surface area contributed by atoms with E-state index in [9.17, 15) is 28.6 Å². The Morgan fingerprint density at radius 2 is 1.17 bits per heavy atom. The summed E-state index contributed by atoms with van der Waals surface area (Å²) in [6, 6.07) is 2.66. The van der Waals surface area contributed by atoms with Gasteiger partial charge in [-0.15, -0.1) is 0 Å². The Hall–Kier alpha value is -7.03. The molecule has 18 heteroatoms. The van der Waals surface area contributed by atoms with Gasteiger partial charge in [0.25, 0.3) is 0 Å². The molecule has 14 nitrogen and oxygen atoms in total. The van der Waals surface area contributed by atoms with Crippen LogP contribution in [-0.2, 0) is 22.4 Å². The number of carbonyl (C=O) groups is 2. The summed E-state index contributed by atoms with van der Waals surface area (Å²) in [5.41, 5.74) is 3.14. The Morgan fingerprint density at radius 3 is 1.63 bits per heavy atom. The molecule has 7 aromatic rings. The standard InChI is InChI=1S/C26H25F2N5O3.C26H26F2N4O2/c1-11-20(12(2)36-33-11)23-22(28)19(8-16-13-3-5-14(6-4-13)21(16)26(34)35)31-25(32-23)18-10-30-24-17(18)7-15(27)9-29-24;1-13(2)3-8-20-23(28)21(10-17-14-4-6-15(7-5-14)22(17)26(33)34)32-25(31-20)19-12-30-24-18(19)9-16(27)11-29-24/h7,9-10,13-14,16,21H,3-6,8H2,1-2H3,(H,29,30)(H,34,35);9,11-15,17,22H,4-7,10H2,1-2H3,(H,29,30)(H,33,34). The van der Waals surface area contributed by atoms with E-state index in [1.165, 1.54) is 12.1 Å². The first-order chi connectivity index (χ1) is 33.6. The van der Waals surface area contributed by atoms with Crippen molar-refractivity contribution in [1.82, 2.24) is 45.0 Å². The Bertz CT molecular complexity index is 3210. The molecule has 6 saturated carbocycles. The number of nitrogens with one attached hydrogen (secondary N) is 2. The molecule has 0 aliphatic heterocycles. The van der Waals surface area contributed by atoms with E-state index in [0.717, 1.165) is 63.8 Å². The van der Waals surface area contributed by atoms with Crippen molar-refractivity contribution in [2.45, 2.75) is 91.9 Å². The predicted octanol–water partition coefficient (Wildman–Crippen LogP) is 10.2. The number of halogens is 4. The number of aryl methyl sites for hydroxylation is 2. The van der Waals surface area contributed by atoms with Crippen LogP contribution in [0.3, 0.4) is 0 Å². The molecule has 0 saturated heterocycles. The molecule has 362 valence electrons. The van der Waals surface area contributed by atoms with E-state index in [-0.39, 0.29) is 88.7 Å². The third kappa shape index (κ3) is 8.68. The number of hydrogen-bond donors (Lipinski definition) is 4.